The van der Waals surface area contributed by atoms with E-state index in [0.717, 1.165) is 25.2 Å². The molecule has 1 rings (SSSR count). The second-order valence-corrected chi connectivity index (χ2v) is 10.9. The Balaban J connectivity index is 2.57. The number of rotatable bonds is 14. The van der Waals surface area contributed by atoms with Crippen LogP contribution in [0.15, 0.2) is 12.2 Å². The molecule has 1 heterocycles. The minimum absolute atomic E-state index is 0.0815. The van der Waals surface area contributed by atoms with E-state index < -0.39 is 42.1 Å². The normalized spacial score (nSPS) is 22.4. The largest absolute Gasteiger partial charge is 0.393 e. The highest BCUT2D eigenvalue weighted by Gasteiger charge is 2.31. The molecular weight excluding hydrogens is 488 g/mol. The van der Waals surface area contributed by atoms with Gasteiger partial charge in [-0.25, -0.2) is 0 Å². The summed E-state index contributed by atoms with van der Waals surface area (Å²) >= 11 is 0. The lowest BCUT2D eigenvalue weighted by Crippen LogP contribution is -2.58. The summed E-state index contributed by atoms with van der Waals surface area (Å²) in [5.41, 5.74) is 0. The van der Waals surface area contributed by atoms with Crippen molar-refractivity contribution in [3.05, 3.63) is 12.2 Å². The highest BCUT2D eigenvalue weighted by molar-refractivity contribution is 5.92. The average molecular weight is 539 g/mol. The molecule has 10 heteroatoms. The van der Waals surface area contributed by atoms with Crippen molar-refractivity contribution in [2.45, 2.75) is 129 Å². The summed E-state index contributed by atoms with van der Waals surface area (Å²) in [6, 6.07) is -2.80. The van der Waals surface area contributed by atoms with Crippen molar-refractivity contribution in [2.24, 2.45) is 5.92 Å². The lowest BCUT2D eigenvalue weighted by Gasteiger charge is -2.27. The monoisotopic (exact) mass is 538 g/mol. The van der Waals surface area contributed by atoms with Crippen molar-refractivity contribution in [2.75, 3.05) is 6.54 Å². The molecule has 0 unspecified atom stereocenters. The number of nitrogens with one attached hydrogen (secondary N) is 4. The molecule has 0 aromatic rings. The van der Waals surface area contributed by atoms with Crippen LogP contribution in [0.3, 0.4) is 0 Å². The molecule has 38 heavy (non-hydrogen) atoms. The van der Waals surface area contributed by atoms with Gasteiger partial charge in [-0.05, 0) is 32.6 Å². The molecule has 0 fully saturated rings. The first-order valence-electron chi connectivity index (χ1n) is 14.2. The number of unbranched alkanes of at least 4 members (excludes halogenated alkanes) is 6. The first-order chi connectivity index (χ1) is 18.0. The molecule has 4 amide bonds. The summed E-state index contributed by atoms with van der Waals surface area (Å²) in [7, 11) is 0. The average Bonchev–Trinajstić information content (AvgIpc) is 2.83. The quantitative estimate of drug-likeness (QED) is 0.185. The molecule has 0 aromatic carbocycles. The van der Waals surface area contributed by atoms with Crippen molar-refractivity contribution in [1.29, 1.82) is 0 Å². The number of amides is 4. The topological polar surface area (TPSA) is 157 Å². The first kappa shape index (κ1) is 33.6. The molecular formula is C28H50N4O6. The van der Waals surface area contributed by atoms with E-state index in [1.807, 2.05) is 0 Å². The molecule has 218 valence electrons. The van der Waals surface area contributed by atoms with Crippen LogP contribution in [-0.4, -0.2) is 70.7 Å². The van der Waals surface area contributed by atoms with Gasteiger partial charge in [-0.2, -0.15) is 0 Å². The fourth-order valence-electron chi connectivity index (χ4n) is 4.28. The van der Waals surface area contributed by atoms with E-state index in [0.29, 0.717) is 6.42 Å². The third kappa shape index (κ3) is 15.1. The molecule has 10 nitrogen and oxygen atoms in total. The van der Waals surface area contributed by atoms with E-state index in [1.54, 1.807) is 6.92 Å². The Hall–Kier alpha value is -2.46. The lowest BCUT2D eigenvalue weighted by molar-refractivity contribution is -0.134. The van der Waals surface area contributed by atoms with Crippen molar-refractivity contribution in [1.82, 2.24) is 21.3 Å². The summed E-state index contributed by atoms with van der Waals surface area (Å²) in [6.07, 6.45) is 9.87. The molecule has 6 N–H and O–H groups in total. The lowest BCUT2D eigenvalue weighted by atomic mass is 10.0. The molecule has 0 radical (unpaired) electrons. The zero-order valence-electron chi connectivity index (χ0n) is 23.6. The smallest absolute Gasteiger partial charge is 0.245 e. The maximum Gasteiger partial charge on any atom is 0.245 e. The van der Waals surface area contributed by atoms with Crippen molar-refractivity contribution >= 4 is 23.6 Å². The minimum Gasteiger partial charge on any atom is -0.393 e. The van der Waals surface area contributed by atoms with Gasteiger partial charge in [0.05, 0.1) is 12.2 Å². The highest BCUT2D eigenvalue weighted by Crippen LogP contribution is 2.13. The molecule has 5 atom stereocenters. The van der Waals surface area contributed by atoms with E-state index in [9.17, 15) is 29.4 Å². The molecule has 1 aliphatic heterocycles. The maximum absolute atomic E-state index is 13.0. The molecule has 1 aliphatic rings. The Labute approximate surface area is 227 Å². The minimum atomic E-state index is -1.23. The Bertz CT molecular complexity index is 770. The third-order valence-electron chi connectivity index (χ3n) is 6.59. The summed E-state index contributed by atoms with van der Waals surface area (Å²) in [4.78, 5) is 50.0. The van der Waals surface area contributed by atoms with Crippen LogP contribution in [-0.2, 0) is 19.2 Å². The zero-order chi connectivity index (χ0) is 28.5. The van der Waals surface area contributed by atoms with E-state index in [2.05, 4.69) is 35.1 Å². The second kappa shape index (κ2) is 18.7. The van der Waals surface area contributed by atoms with Gasteiger partial charge in [0.2, 0.25) is 23.6 Å². The third-order valence-corrected chi connectivity index (χ3v) is 6.59. The molecule has 0 aromatic heterocycles. The SMILES string of the molecule is CC(C)CCCCCCCCCC(=O)N[C@H](C(=O)N[C@H]1C[C@@H](O)CCNC(=O)C=C[C@H](C)NC1=O)[C@@H](C)O. The number of carbonyl (C=O) groups is 4. The van der Waals surface area contributed by atoms with Crippen LogP contribution in [0.1, 0.15) is 98.3 Å². The summed E-state index contributed by atoms with van der Waals surface area (Å²) in [5, 5.41) is 31.0. The highest BCUT2D eigenvalue weighted by atomic mass is 16.3. The van der Waals surface area contributed by atoms with Crippen molar-refractivity contribution in [3.63, 3.8) is 0 Å². The van der Waals surface area contributed by atoms with Gasteiger partial charge >= 0.3 is 0 Å². The number of carbonyl (C=O) groups excluding carboxylic acids is 4. The van der Waals surface area contributed by atoms with Crippen LogP contribution in [0.25, 0.3) is 0 Å². The van der Waals surface area contributed by atoms with E-state index in [-0.39, 0.29) is 37.6 Å². The Morgan fingerprint density at radius 3 is 2.32 bits per heavy atom. The van der Waals surface area contributed by atoms with Gasteiger partial charge in [0.1, 0.15) is 12.1 Å². The summed E-state index contributed by atoms with van der Waals surface area (Å²) in [6.45, 7) is 7.76. The number of aliphatic hydroxyl groups is 2. The van der Waals surface area contributed by atoms with Crippen LogP contribution >= 0.6 is 0 Å². The molecule has 0 aliphatic carbocycles. The summed E-state index contributed by atoms with van der Waals surface area (Å²) < 4.78 is 0. The molecule has 0 bridgehead atoms. The zero-order valence-corrected chi connectivity index (χ0v) is 23.6. The van der Waals surface area contributed by atoms with Gasteiger partial charge in [0.25, 0.3) is 0 Å². The van der Waals surface area contributed by atoms with Crippen molar-refractivity contribution < 1.29 is 29.4 Å². The number of aliphatic hydroxyl groups excluding tert-OH is 2. The molecule has 0 saturated carbocycles. The van der Waals surface area contributed by atoms with Gasteiger partial charge < -0.3 is 31.5 Å². The van der Waals surface area contributed by atoms with Gasteiger partial charge in [-0.15, -0.1) is 0 Å². The van der Waals surface area contributed by atoms with Gasteiger partial charge in [0, 0.05) is 31.5 Å². The van der Waals surface area contributed by atoms with Crippen LogP contribution in [0.2, 0.25) is 0 Å². The predicted octanol–water partition coefficient (Wildman–Crippen LogP) is 1.84. The van der Waals surface area contributed by atoms with E-state index >= 15 is 0 Å². The Kier molecular flexibility index (Phi) is 16.6. The Morgan fingerprint density at radius 2 is 1.68 bits per heavy atom. The fourth-order valence-corrected chi connectivity index (χ4v) is 4.28. The second-order valence-electron chi connectivity index (χ2n) is 10.9. The van der Waals surface area contributed by atoms with E-state index in [4.69, 9.17) is 0 Å². The van der Waals surface area contributed by atoms with Crippen LogP contribution < -0.4 is 21.3 Å². The van der Waals surface area contributed by atoms with Crippen LogP contribution in [0, 0.1) is 5.92 Å². The Morgan fingerprint density at radius 1 is 1.05 bits per heavy atom. The van der Waals surface area contributed by atoms with Crippen LogP contribution in [0.5, 0.6) is 0 Å². The van der Waals surface area contributed by atoms with Gasteiger partial charge in [-0.3, -0.25) is 19.2 Å². The van der Waals surface area contributed by atoms with E-state index in [1.165, 1.54) is 44.8 Å². The number of hydrogen-bond donors (Lipinski definition) is 6. The van der Waals surface area contributed by atoms with Gasteiger partial charge in [-0.1, -0.05) is 64.9 Å². The summed E-state index contributed by atoms with van der Waals surface area (Å²) in [5.74, 6) is -1.14. The fraction of sp³-hybridized carbons (Fsp3) is 0.786. The maximum atomic E-state index is 13.0. The number of hydrogen-bond acceptors (Lipinski definition) is 6. The standard InChI is InChI=1S/C28H50N4O6/c1-19(2)12-10-8-6-5-7-9-11-13-25(36)32-26(21(4)33)28(38)31-23-18-22(34)16-17-29-24(35)15-14-20(3)30-27(23)37/h14-15,19-23,26,33-34H,5-13,16-18H2,1-4H3,(H,29,35)(H,30,37)(H,31,38)(H,32,36)/t20-,21+,22-,23-,26-/m0/s1. The molecule has 0 saturated heterocycles. The molecule has 0 spiro atoms. The first-order valence-corrected chi connectivity index (χ1v) is 14.2. The van der Waals surface area contributed by atoms with Crippen LogP contribution in [0.4, 0.5) is 0 Å². The predicted molar refractivity (Wildman–Crippen MR) is 147 cm³/mol. The van der Waals surface area contributed by atoms with Crippen molar-refractivity contribution in [3.8, 4) is 0 Å². The van der Waals surface area contributed by atoms with Gasteiger partial charge in [0.15, 0.2) is 0 Å².